The van der Waals surface area contributed by atoms with Crippen LogP contribution in [0.2, 0.25) is 0 Å². The molecule has 176 valence electrons. The molecule has 6 heteroatoms. The fourth-order valence-corrected chi connectivity index (χ4v) is 4.24. The average Bonchev–Trinajstić information content (AvgIpc) is 3.14. The van der Waals surface area contributed by atoms with Crippen LogP contribution >= 0.6 is 0 Å². The molecule has 2 atom stereocenters. The molecule has 0 bridgehead atoms. The zero-order chi connectivity index (χ0) is 23.6. The molecule has 1 fully saturated rings. The van der Waals surface area contributed by atoms with Crippen molar-refractivity contribution in [1.29, 1.82) is 0 Å². The number of hydrogen-bond donors (Lipinski definition) is 2. The molecule has 1 aliphatic heterocycles. The minimum Gasteiger partial charge on any atom is -0.481 e. The second kappa shape index (κ2) is 12.3. The van der Waals surface area contributed by atoms with Gasteiger partial charge in [0.25, 0.3) is 0 Å². The molecule has 3 rings (SSSR count). The number of carbonyl (C=O) groups excluding carboxylic acids is 1. The molecule has 0 radical (unpaired) electrons. The predicted octanol–water partition coefficient (Wildman–Crippen LogP) is 4.98. The second-order valence-corrected chi connectivity index (χ2v) is 8.61. The quantitative estimate of drug-likeness (QED) is 0.351. The third kappa shape index (κ3) is 7.82. The Kier molecular flexibility index (Phi) is 9.19. The van der Waals surface area contributed by atoms with E-state index in [1.807, 2.05) is 35.2 Å². The summed E-state index contributed by atoms with van der Waals surface area (Å²) in [6.45, 7) is 0.663. The number of aliphatic hydroxyl groups excluding tert-OH is 1. The molecular formula is C27H32FNO4. The molecule has 33 heavy (non-hydrogen) atoms. The fraction of sp³-hybridized carbons (Fsp3) is 0.407. The van der Waals surface area contributed by atoms with Gasteiger partial charge in [0.15, 0.2) is 0 Å². The molecule has 0 spiro atoms. The number of rotatable bonds is 12. The maximum Gasteiger partial charge on any atom is 0.303 e. The van der Waals surface area contributed by atoms with Crippen molar-refractivity contribution in [3.63, 3.8) is 0 Å². The van der Waals surface area contributed by atoms with Gasteiger partial charge in [-0.05, 0) is 48.1 Å². The number of halogens is 1. The number of carboxylic acid groups (broad SMARTS) is 1. The van der Waals surface area contributed by atoms with E-state index in [1.54, 1.807) is 18.2 Å². The van der Waals surface area contributed by atoms with E-state index < -0.39 is 12.1 Å². The first-order valence-corrected chi connectivity index (χ1v) is 11.6. The monoisotopic (exact) mass is 453 g/mol. The molecule has 1 aliphatic rings. The second-order valence-electron chi connectivity index (χ2n) is 8.61. The smallest absolute Gasteiger partial charge is 0.303 e. The molecule has 0 unspecified atom stereocenters. The number of carbonyl (C=O) groups is 2. The summed E-state index contributed by atoms with van der Waals surface area (Å²) in [6.07, 6.45) is 8.24. The number of nitrogens with zero attached hydrogens (tertiary/aromatic N) is 1. The number of carboxylic acids is 1. The molecule has 2 N–H and O–H groups in total. The van der Waals surface area contributed by atoms with Crippen LogP contribution in [-0.2, 0) is 16.0 Å². The van der Waals surface area contributed by atoms with Gasteiger partial charge >= 0.3 is 5.97 Å². The third-order valence-electron chi connectivity index (χ3n) is 6.02. The van der Waals surface area contributed by atoms with Gasteiger partial charge < -0.3 is 15.1 Å². The van der Waals surface area contributed by atoms with Gasteiger partial charge in [0.1, 0.15) is 5.82 Å². The Labute approximate surface area is 194 Å². The number of likely N-dealkylation sites (tertiary alicyclic amines) is 1. The summed E-state index contributed by atoms with van der Waals surface area (Å²) in [5, 5.41) is 19.2. The molecule has 1 saturated heterocycles. The van der Waals surface area contributed by atoms with Crippen molar-refractivity contribution in [1.82, 2.24) is 4.90 Å². The Bertz CT molecular complexity index is 957. The van der Waals surface area contributed by atoms with E-state index in [-0.39, 0.29) is 24.2 Å². The number of hydrogen-bond acceptors (Lipinski definition) is 3. The van der Waals surface area contributed by atoms with E-state index in [9.17, 15) is 19.1 Å². The molecule has 0 aliphatic carbocycles. The normalized spacial score (nSPS) is 17.1. The molecular weight excluding hydrogens is 421 g/mol. The van der Waals surface area contributed by atoms with Crippen molar-refractivity contribution >= 4 is 11.9 Å². The lowest BCUT2D eigenvalue weighted by Gasteiger charge is -2.22. The lowest BCUT2D eigenvalue weighted by Crippen LogP contribution is -2.32. The third-order valence-corrected chi connectivity index (χ3v) is 6.02. The van der Waals surface area contributed by atoms with E-state index >= 15 is 0 Å². The van der Waals surface area contributed by atoms with Gasteiger partial charge in [0, 0.05) is 25.8 Å². The summed E-state index contributed by atoms with van der Waals surface area (Å²) >= 11 is 0. The lowest BCUT2D eigenvalue weighted by molar-refractivity contribution is -0.137. The highest BCUT2D eigenvalue weighted by molar-refractivity contribution is 5.79. The number of aliphatic hydroxyl groups is 1. The highest BCUT2D eigenvalue weighted by Crippen LogP contribution is 2.23. The van der Waals surface area contributed by atoms with Crippen LogP contribution in [0.1, 0.15) is 50.5 Å². The molecule has 2 aromatic carbocycles. The zero-order valence-corrected chi connectivity index (χ0v) is 18.8. The number of amides is 1. The summed E-state index contributed by atoms with van der Waals surface area (Å²) in [6, 6.07) is 14.2. The minimum atomic E-state index is -0.768. The Hall–Kier alpha value is -2.99. The van der Waals surface area contributed by atoms with Crippen LogP contribution in [0, 0.1) is 5.82 Å². The van der Waals surface area contributed by atoms with Crippen LogP contribution in [0.4, 0.5) is 4.39 Å². The summed E-state index contributed by atoms with van der Waals surface area (Å²) in [7, 11) is 0. The first kappa shape index (κ1) is 24.6. The largest absolute Gasteiger partial charge is 0.481 e. The fourth-order valence-electron chi connectivity index (χ4n) is 4.24. The number of benzene rings is 2. The van der Waals surface area contributed by atoms with E-state index in [0.29, 0.717) is 25.8 Å². The Balaban J connectivity index is 1.50. The molecule has 1 amide bonds. The van der Waals surface area contributed by atoms with Gasteiger partial charge in [-0.15, -0.1) is 0 Å². The van der Waals surface area contributed by atoms with E-state index in [0.717, 1.165) is 42.4 Å². The van der Waals surface area contributed by atoms with Crippen molar-refractivity contribution in [2.45, 2.75) is 63.5 Å². The maximum atomic E-state index is 13.2. The molecule has 5 nitrogen and oxygen atoms in total. The SMILES string of the molecule is O=C(O)CCCCCCN1C(=O)CC[C@@H]1C=C[C@@H](O)Cc1cccc(-c2ccc(F)cc2)c1. The van der Waals surface area contributed by atoms with Crippen molar-refractivity contribution in [2.75, 3.05) is 6.54 Å². The molecule has 0 saturated carbocycles. The van der Waals surface area contributed by atoms with E-state index in [1.165, 1.54) is 12.1 Å². The number of unbranched alkanes of at least 4 members (excludes halogenated alkanes) is 3. The number of aliphatic carboxylic acids is 1. The average molecular weight is 454 g/mol. The van der Waals surface area contributed by atoms with Crippen molar-refractivity contribution < 1.29 is 24.2 Å². The first-order chi connectivity index (χ1) is 15.9. The lowest BCUT2D eigenvalue weighted by atomic mass is 10.00. The first-order valence-electron chi connectivity index (χ1n) is 11.6. The Morgan fingerprint density at radius 1 is 1.09 bits per heavy atom. The summed E-state index contributed by atoms with van der Waals surface area (Å²) in [5.41, 5.74) is 2.88. The Morgan fingerprint density at radius 2 is 1.85 bits per heavy atom. The summed E-state index contributed by atoms with van der Waals surface area (Å²) < 4.78 is 13.2. The highest BCUT2D eigenvalue weighted by Gasteiger charge is 2.28. The van der Waals surface area contributed by atoms with Crippen molar-refractivity contribution in [2.24, 2.45) is 0 Å². The highest BCUT2D eigenvalue weighted by atomic mass is 19.1. The van der Waals surface area contributed by atoms with Crippen LogP contribution in [0.25, 0.3) is 11.1 Å². The zero-order valence-electron chi connectivity index (χ0n) is 18.8. The maximum absolute atomic E-state index is 13.2. The standard InChI is InChI=1S/C27H32FNO4/c28-23-11-9-21(10-12-23)22-7-5-6-20(18-22)19-25(30)15-13-24-14-16-26(31)29(24)17-4-2-1-3-8-27(32)33/h5-7,9-13,15,18,24-25,30H,1-4,8,14,16-17,19H2,(H,32,33)/t24-,25+/m0/s1. The van der Waals surface area contributed by atoms with Gasteiger partial charge in [-0.1, -0.05) is 61.4 Å². The molecule has 0 aromatic heterocycles. The predicted molar refractivity (Wildman–Crippen MR) is 126 cm³/mol. The molecule has 1 heterocycles. The topological polar surface area (TPSA) is 77.8 Å². The van der Waals surface area contributed by atoms with Crippen LogP contribution < -0.4 is 0 Å². The van der Waals surface area contributed by atoms with Crippen molar-refractivity contribution in [3.8, 4) is 11.1 Å². The van der Waals surface area contributed by atoms with Crippen LogP contribution in [0.3, 0.4) is 0 Å². The van der Waals surface area contributed by atoms with Gasteiger partial charge in [0.05, 0.1) is 12.1 Å². The van der Waals surface area contributed by atoms with Crippen LogP contribution in [0.15, 0.2) is 60.7 Å². The molecule has 2 aromatic rings. The van der Waals surface area contributed by atoms with Crippen LogP contribution in [0.5, 0.6) is 0 Å². The summed E-state index contributed by atoms with van der Waals surface area (Å²) in [5.74, 6) is -0.902. The van der Waals surface area contributed by atoms with Gasteiger partial charge in [-0.2, -0.15) is 0 Å². The summed E-state index contributed by atoms with van der Waals surface area (Å²) in [4.78, 5) is 24.7. The minimum absolute atomic E-state index is 0.00304. The van der Waals surface area contributed by atoms with Gasteiger partial charge in [-0.25, -0.2) is 4.39 Å². The Morgan fingerprint density at radius 3 is 2.61 bits per heavy atom. The van der Waals surface area contributed by atoms with Crippen LogP contribution in [-0.4, -0.2) is 45.7 Å². The van der Waals surface area contributed by atoms with E-state index in [2.05, 4.69) is 0 Å². The van der Waals surface area contributed by atoms with Gasteiger partial charge in [-0.3, -0.25) is 9.59 Å². The van der Waals surface area contributed by atoms with Gasteiger partial charge in [0.2, 0.25) is 5.91 Å². The van der Waals surface area contributed by atoms with Crippen molar-refractivity contribution in [3.05, 3.63) is 72.1 Å². The van der Waals surface area contributed by atoms with E-state index in [4.69, 9.17) is 5.11 Å².